The van der Waals surface area contributed by atoms with E-state index in [0.717, 1.165) is 12.2 Å². The van der Waals surface area contributed by atoms with E-state index in [1.54, 1.807) is 12.1 Å². The molecule has 0 spiro atoms. The van der Waals surface area contributed by atoms with Gasteiger partial charge in [0, 0.05) is 11.6 Å². The zero-order valence-electron chi connectivity index (χ0n) is 8.70. The van der Waals surface area contributed by atoms with Crippen LogP contribution in [0.25, 0.3) is 0 Å². The summed E-state index contributed by atoms with van der Waals surface area (Å²) in [5.41, 5.74) is 1.13. The lowest BCUT2D eigenvalue weighted by Gasteiger charge is -2.20. The Kier molecular flexibility index (Phi) is 3.68. The highest BCUT2D eigenvalue weighted by Crippen LogP contribution is 2.26. The van der Waals surface area contributed by atoms with Crippen LogP contribution in [0.3, 0.4) is 0 Å². The van der Waals surface area contributed by atoms with E-state index in [9.17, 15) is 0 Å². The maximum atomic E-state index is 6.00. The van der Waals surface area contributed by atoms with Crippen molar-refractivity contribution >= 4 is 28.9 Å². The molecule has 1 aromatic carbocycles. The highest BCUT2D eigenvalue weighted by Gasteiger charge is 2.10. The zero-order chi connectivity index (χ0) is 10.8. The molecule has 0 fully saturated rings. The Bertz CT molecular complexity index is 316. The van der Waals surface area contributed by atoms with E-state index in [-0.39, 0.29) is 5.41 Å². The van der Waals surface area contributed by atoms with Crippen molar-refractivity contribution in [2.45, 2.75) is 20.8 Å². The minimum Gasteiger partial charge on any atom is -0.383 e. The molecule has 0 atom stereocenters. The molecule has 1 aromatic rings. The van der Waals surface area contributed by atoms with Gasteiger partial charge in [-0.2, -0.15) is 0 Å². The Morgan fingerprint density at radius 1 is 1.21 bits per heavy atom. The third-order valence-electron chi connectivity index (χ3n) is 1.74. The second kappa shape index (κ2) is 4.41. The average molecular weight is 232 g/mol. The molecular weight excluding hydrogens is 217 g/mol. The molecule has 14 heavy (non-hydrogen) atoms. The predicted octanol–water partition coefficient (Wildman–Crippen LogP) is 4.45. The van der Waals surface area contributed by atoms with E-state index >= 15 is 0 Å². The van der Waals surface area contributed by atoms with Crippen LogP contribution >= 0.6 is 23.2 Å². The number of hydrogen-bond acceptors (Lipinski definition) is 1. The van der Waals surface area contributed by atoms with Gasteiger partial charge in [-0.25, -0.2) is 0 Å². The summed E-state index contributed by atoms with van der Waals surface area (Å²) in [6.07, 6.45) is 0. The Hall–Kier alpha value is -0.400. The summed E-state index contributed by atoms with van der Waals surface area (Å²) >= 11 is 11.9. The number of rotatable bonds is 2. The number of nitrogens with one attached hydrogen (secondary N) is 1. The summed E-state index contributed by atoms with van der Waals surface area (Å²) in [5, 5.41) is 4.68. The molecule has 1 N–H and O–H groups in total. The van der Waals surface area contributed by atoms with Crippen LogP contribution in [0, 0.1) is 5.41 Å². The van der Waals surface area contributed by atoms with Crippen molar-refractivity contribution in [1.29, 1.82) is 0 Å². The molecule has 0 aliphatic carbocycles. The van der Waals surface area contributed by atoms with Crippen LogP contribution < -0.4 is 5.32 Å². The molecule has 0 amide bonds. The standard InChI is InChI=1S/C11H15Cl2N/c1-11(2,3)7-14-10-6-8(12)4-5-9(10)13/h4-6,14H,7H2,1-3H3. The zero-order valence-corrected chi connectivity index (χ0v) is 10.2. The van der Waals surface area contributed by atoms with Crippen molar-refractivity contribution in [2.24, 2.45) is 5.41 Å². The highest BCUT2D eigenvalue weighted by molar-refractivity contribution is 6.35. The fraction of sp³-hybridized carbons (Fsp3) is 0.455. The molecule has 0 saturated heterocycles. The minimum absolute atomic E-state index is 0.228. The fourth-order valence-electron chi connectivity index (χ4n) is 0.993. The van der Waals surface area contributed by atoms with Gasteiger partial charge in [0.25, 0.3) is 0 Å². The summed E-state index contributed by atoms with van der Waals surface area (Å²) in [6.45, 7) is 7.36. The maximum absolute atomic E-state index is 6.00. The van der Waals surface area contributed by atoms with Crippen LogP contribution in [-0.2, 0) is 0 Å². The van der Waals surface area contributed by atoms with Gasteiger partial charge < -0.3 is 5.32 Å². The highest BCUT2D eigenvalue weighted by atomic mass is 35.5. The molecule has 3 heteroatoms. The Balaban J connectivity index is 2.72. The quantitative estimate of drug-likeness (QED) is 0.794. The van der Waals surface area contributed by atoms with E-state index in [1.165, 1.54) is 0 Å². The summed E-state index contributed by atoms with van der Waals surface area (Å²) in [6, 6.07) is 5.43. The fourth-order valence-corrected chi connectivity index (χ4v) is 1.35. The van der Waals surface area contributed by atoms with Gasteiger partial charge in [0.2, 0.25) is 0 Å². The van der Waals surface area contributed by atoms with Gasteiger partial charge in [-0.1, -0.05) is 44.0 Å². The van der Waals surface area contributed by atoms with Gasteiger partial charge in [0.15, 0.2) is 0 Å². The molecule has 1 rings (SSSR count). The first-order chi connectivity index (χ1) is 6.38. The topological polar surface area (TPSA) is 12.0 Å². The summed E-state index contributed by atoms with van der Waals surface area (Å²) in [4.78, 5) is 0. The number of halogens is 2. The molecule has 0 saturated carbocycles. The molecule has 0 aliphatic heterocycles. The van der Waals surface area contributed by atoms with E-state index in [0.29, 0.717) is 10.0 Å². The Morgan fingerprint density at radius 2 is 1.86 bits per heavy atom. The van der Waals surface area contributed by atoms with Crippen molar-refractivity contribution in [3.05, 3.63) is 28.2 Å². The second-order valence-corrected chi connectivity index (χ2v) is 5.38. The first-order valence-corrected chi connectivity index (χ1v) is 5.33. The van der Waals surface area contributed by atoms with Crippen molar-refractivity contribution < 1.29 is 0 Å². The van der Waals surface area contributed by atoms with Crippen molar-refractivity contribution in [1.82, 2.24) is 0 Å². The van der Waals surface area contributed by atoms with E-state index in [2.05, 4.69) is 26.1 Å². The lowest BCUT2D eigenvalue weighted by Crippen LogP contribution is -2.19. The van der Waals surface area contributed by atoms with Gasteiger partial charge in [0.1, 0.15) is 0 Å². The molecule has 78 valence electrons. The van der Waals surface area contributed by atoms with Crippen LogP contribution in [0.1, 0.15) is 20.8 Å². The van der Waals surface area contributed by atoms with E-state index < -0.39 is 0 Å². The number of anilines is 1. The minimum atomic E-state index is 0.228. The van der Waals surface area contributed by atoms with Gasteiger partial charge in [-0.3, -0.25) is 0 Å². The molecule has 0 aliphatic rings. The SMILES string of the molecule is CC(C)(C)CNc1cc(Cl)ccc1Cl. The van der Waals surface area contributed by atoms with Crippen LogP contribution in [0.4, 0.5) is 5.69 Å². The molecule has 0 aromatic heterocycles. The second-order valence-electron chi connectivity index (χ2n) is 4.54. The maximum Gasteiger partial charge on any atom is 0.0638 e. The van der Waals surface area contributed by atoms with Crippen LogP contribution in [0.15, 0.2) is 18.2 Å². The smallest absolute Gasteiger partial charge is 0.0638 e. The van der Waals surface area contributed by atoms with Crippen molar-refractivity contribution in [3.63, 3.8) is 0 Å². The molecule has 0 unspecified atom stereocenters. The number of benzene rings is 1. The first kappa shape index (κ1) is 11.7. The monoisotopic (exact) mass is 231 g/mol. The molecule has 1 nitrogen and oxygen atoms in total. The molecule has 0 bridgehead atoms. The predicted molar refractivity (Wildman–Crippen MR) is 64.4 cm³/mol. The molecular formula is C11H15Cl2N. The van der Waals surface area contributed by atoms with Gasteiger partial charge >= 0.3 is 0 Å². The summed E-state index contributed by atoms with van der Waals surface area (Å²) < 4.78 is 0. The van der Waals surface area contributed by atoms with Crippen LogP contribution in [0.5, 0.6) is 0 Å². The molecule has 0 heterocycles. The van der Waals surface area contributed by atoms with Gasteiger partial charge in [-0.05, 0) is 23.6 Å². The average Bonchev–Trinajstić information content (AvgIpc) is 2.05. The summed E-state index contributed by atoms with van der Waals surface area (Å²) in [7, 11) is 0. The van der Waals surface area contributed by atoms with Gasteiger partial charge in [-0.15, -0.1) is 0 Å². The first-order valence-electron chi connectivity index (χ1n) is 4.57. The Morgan fingerprint density at radius 3 is 2.43 bits per heavy atom. The van der Waals surface area contributed by atoms with E-state index in [1.807, 2.05) is 6.07 Å². The largest absolute Gasteiger partial charge is 0.383 e. The third kappa shape index (κ3) is 3.77. The van der Waals surface area contributed by atoms with Crippen LogP contribution in [-0.4, -0.2) is 6.54 Å². The lowest BCUT2D eigenvalue weighted by atomic mass is 9.97. The van der Waals surface area contributed by atoms with Crippen LogP contribution in [0.2, 0.25) is 10.0 Å². The summed E-state index contributed by atoms with van der Waals surface area (Å²) in [5.74, 6) is 0. The van der Waals surface area contributed by atoms with Gasteiger partial charge in [0.05, 0.1) is 10.7 Å². The lowest BCUT2D eigenvalue weighted by molar-refractivity contribution is 0.443. The molecule has 0 radical (unpaired) electrons. The van der Waals surface area contributed by atoms with Crippen molar-refractivity contribution in [2.75, 3.05) is 11.9 Å². The van der Waals surface area contributed by atoms with E-state index in [4.69, 9.17) is 23.2 Å². The Labute approximate surface area is 95.4 Å². The third-order valence-corrected chi connectivity index (χ3v) is 2.30. The normalized spacial score (nSPS) is 11.5. The number of hydrogen-bond donors (Lipinski definition) is 1. The van der Waals surface area contributed by atoms with Crippen molar-refractivity contribution in [3.8, 4) is 0 Å².